The highest BCUT2D eigenvalue weighted by atomic mass is 15.1. The summed E-state index contributed by atoms with van der Waals surface area (Å²) in [6.07, 6.45) is 6.64. The molecule has 0 spiro atoms. The molecule has 0 aliphatic heterocycles. The molecule has 0 amide bonds. The van der Waals surface area contributed by atoms with E-state index in [0.29, 0.717) is 5.92 Å². The summed E-state index contributed by atoms with van der Waals surface area (Å²) in [5, 5.41) is 6.63. The second-order valence-corrected chi connectivity index (χ2v) is 5.26. The van der Waals surface area contributed by atoms with Crippen molar-refractivity contribution in [2.45, 2.75) is 39.7 Å². The van der Waals surface area contributed by atoms with Gasteiger partial charge >= 0.3 is 0 Å². The van der Waals surface area contributed by atoms with Crippen molar-refractivity contribution in [3.63, 3.8) is 0 Å². The van der Waals surface area contributed by atoms with Crippen LogP contribution in [0, 0.1) is 0 Å². The molecule has 0 aliphatic carbocycles. The van der Waals surface area contributed by atoms with Crippen LogP contribution in [0.25, 0.3) is 0 Å². The molecule has 2 N–H and O–H groups in total. The number of nitrogens with one attached hydrogen (secondary N) is 2. The number of hydrogen-bond donors (Lipinski definition) is 2. The Morgan fingerprint density at radius 3 is 2.57 bits per heavy atom. The summed E-state index contributed by atoms with van der Waals surface area (Å²) in [6, 6.07) is 1.96. The Balaban J connectivity index is 1.91. The maximum atomic E-state index is 4.57. The highest BCUT2D eigenvalue weighted by Crippen LogP contribution is 2.16. The van der Waals surface area contributed by atoms with Gasteiger partial charge in [0, 0.05) is 44.0 Å². The van der Waals surface area contributed by atoms with E-state index in [1.54, 1.807) is 6.20 Å². The molecule has 0 fully saturated rings. The van der Waals surface area contributed by atoms with Gasteiger partial charge in [0.25, 0.3) is 0 Å². The first kappa shape index (κ1) is 15.3. The molecule has 0 unspecified atom stereocenters. The van der Waals surface area contributed by atoms with E-state index in [2.05, 4.69) is 50.9 Å². The van der Waals surface area contributed by atoms with Crippen LogP contribution in [0.15, 0.2) is 24.8 Å². The van der Waals surface area contributed by atoms with Crippen LogP contribution in [0.3, 0.4) is 0 Å². The van der Waals surface area contributed by atoms with Gasteiger partial charge in [-0.05, 0) is 13.3 Å². The molecule has 114 valence electrons. The van der Waals surface area contributed by atoms with Crippen LogP contribution in [0.4, 0.5) is 11.6 Å². The molecular formula is C15H24N6. The lowest BCUT2D eigenvalue weighted by Gasteiger charge is -2.12. The largest absolute Gasteiger partial charge is 0.370 e. The fourth-order valence-electron chi connectivity index (χ4n) is 1.98. The van der Waals surface area contributed by atoms with Crippen molar-refractivity contribution in [2.24, 2.45) is 0 Å². The molecular weight excluding hydrogens is 264 g/mol. The number of aryl methyl sites for hydroxylation is 1. The van der Waals surface area contributed by atoms with Gasteiger partial charge in [0.05, 0.1) is 6.33 Å². The Labute approximate surface area is 126 Å². The zero-order valence-electron chi connectivity index (χ0n) is 13.0. The predicted molar refractivity (Wildman–Crippen MR) is 85.6 cm³/mol. The quantitative estimate of drug-likeness (QED) is 0.731. The first-order valence-corrected chi connectivity index (χ1v) is 7.51. The highest BCUT2D eigenvalue weighted by Gasteiger charge is 2.07. The lowest BCUT2D eigenvalue weighted by molar-refractivity contribution is 0.659. The third-order valence-corrected chi connectivity index (χ3v) is 3.08. The van der Waals surface area contributed by atoms with E-state index in [1.165, 1.54) is 0 Å². The lowest BCUT2D eigenvalue weighted by Crippen LogP contribution is -2.11. The Kier molecular flexibility index (Phi) is 5.54. The molecule has 2 rings (SSSR count). The maximum Gasteiger partial charge on any atom is 0.135 e. The van der Waals surface area contributed by atoms with Gasteiger partial charge in [-0.15, -0.1) is 0 Å². The van der Waals surface area contributed by atoms with Crippen molar-refractivity contribution in [1.82, 2.24) is 19.5 Å². The topological polar surface area (TPSA) is 67.7 Å². The van der Waals surface area contributed by atoms with E-state index in [1.807, 2.05) is 18.6 Å². The highest BCUT2D eigenvalue weighted by molar-refractivity contribution is 5.47. The average molecular weight is 288 g/mol. The minimum absolute atomic E-state index is 0.315. The van der Waals surface area contributed by atoms with E-state index >= 15 is 0 Å². The smallest absolute Gasteiger partial charge is 0.135 e. The van der Waals surface area contributed by atoms with Gasteiger partial charge in [-0.1, -0.05) is 13.8 Å². The van der Waals surface area contributed by atoms with Crippen LogP contribution in [0.5, 0.6) is 0 Å². The average Bonchev–Trinajstić information content (AvgIpc) is 2.97. The van der Waals surface area contributed by atoms with Gasteiger partial charge in [-0.3, -0.25) is 0 Å². The van der Waals surface area contributed by atoms with Gasteiger partial charge < -0.3 is 15.2 Å². The van der Waals surface area contributed by atoms with Crippen molar-refractivity contribution < 1.29 is 0 Å². The van der Waals surface area contributed by atoms with Gasteiger partial charge in [0.2, 0.25) is 0 Å². The fraction of sp³-hybridized carbons (Fsp3) is 0.533. The van der Waals surface area contributed by atoms with E-state index in [0.717, 1.165) is 43.5 Å². The van der Waals surface area contributed by atoms with Crippen LogP contribution in [-0.4, -0.2) is 32.6 Å². The van der Waals surface area contributed by atoms with Gasteiger partial charge in [0.15, 0.2) is 0 Å². The molecule has 0 bridgehead atoms. The standard InChI is InChI=1S/C15H24N6/c1-4-17-13-10-14(20-15(19-13)12(2)3)18-6-5-8-21-9-7-16-11-21/h7,9-12H,4-6,8H2,1-3H3,(H2,17,18,19,20). The molecule has 2 aromatic heterocycles. The van der Waals surface area contributed by atoms with E-state index in [-0.39, 0.29) is 0 Å². The number of rotatable bonds is 8. The predicted octanol–water partition coefficient (Wildman–Crippen LogP) is 2.73. The molecule has 2 heterocycles. The summed E-state index contributed by atoms with van der Waals surface area (Å²) in [6.45, 7) is 8.96. The molecule has 0 saturated carbocycles. The SMILES string of the molecule is CCNc1cc(NCCCn2ccnc2)nc(C(C)C)n1. The van der Waals surface area contributed by atoms with Crippen molar-refractivity contribution >= 4 is 11.6 Å². The van der Waals surface area contributed by atoms with E-state index in [4.69, 9.17) is 0 Å². The number of anilines is 2. The molecule has 0 saturated heterocycles. The summed E-state index contributed by atoms with van der Waals surface area (Å²) in [4.78, 5) is 13.1. The van der Waals surface area contributed by atoms with Crippen LogP contribution in [-0.2, 0) is 6.54 Å². The number of imidazole rings is 1. The first-order valence-electron chi connectivity index (χ1n) is 7.51. The van der Waals surface area contributed by atoms with Crippen molar-refractivity contribution in [2.75, 3.05) is 23.7 Å². The summed E-state index contributed by atoms with van der Waals surface area (Å²) >= 11 is 0. The molecule has 0 atom stereocenters. The minimum Gasteiger partial charge on any atom is -0.370 e. The molecule has 0 aliphatic rings. The summed E-state index contributed by atoms with van der Waals surface area (Å²) in [5.74, 6) is 2.95. The van der Waals surface area contributed by atoms with E-state index in [9.17, 15) is 0 Å². The van der Waals surface area contributed by atoms with Crippen molar-refractivity contribution in [1.29, 1.82) is 0 Å². The Morgan fingerprint density at radius 1 is 1.19 bits per heavy atom. The molecule has 2 aromatic rings. The van der Waals surface area contributed by atoms with Crippen molar-refractivity contribution in [3.8, 4) is 0 Å². The fourth-order valence-corrected chi connectivity index (χ4v) is 1.98. The Bertz CT molecular complexity index is 535. The molecule has 21 heavy (non-hydrogen) atoms. The summed E-state index contributed by atoms with van der Waals surface area (Å²) in [5.41, 5.74) is 0. The van der Waals surface area contributed by atoms with Crippen LogP contribution in [0.2, 0.25) is 0 Å². The van der Waals surface area contributed by atoms with Gasteiger partial charge in [-0.25, -0.2) is 15.0 Å². The molecule has 0 radical (unpaired) electrons. The number of nitrogens with zero attached hydrogens (tertiary/aromatic N) is 4. The second-order valence-electron chi connectivity index (χ2n) is 5.26. The first-order chi connectivity index (χ1) is 10.2. The Hall–Kier alpha value is -2.11. The normalized spacial score (nSPS) is 10.9. The number of aromatic nitrogens is 4. The third kappa shape index (κ3) is 4.73. The molecule has 6 heteroatoms. The molecule has 6 nitrogen and oxygen atoms in total. The zero-order chi connectivity index (χ0) is 15.1. The van der Waals surface area contributed by atoms with Crippen LogP contribution in [0.1, 0.15) is 38.9 Å². The Morgan fingerprint density at radius 2 is 1.95 bits per heavy atom. The van der Waals surface area contributed by atoms with Crippen LogP contribution >= 0.6 is 0 Å². The van der Waals surface area contributed by atoms with Crippen molar-refractivity contribution in [3.05, 3.63) is 30.6 Å². The third-order valence-electron chi connectivity index (χ3n) is 3.08. The van der Waals surface area contributed by atoms with Gasteiger partial charge in [0.1, 0.15) is 17.5 Å². The summed E-state index contributed by atoms with van der Waals surface area (Å²) in [7, 11) is 0. The van der Waals surface area contributed by atoms with E-state index < -0.39 is 0 Å². The summed E-state index contributed by atoms with van der Waals surface area (Å²) < 4.78 is 2.07. The minimum atomic E-state index is 0.315. The number of hydrogen-bond acceptors (Lipinski definition) is 5. The second kappa shape index (κ2) is 7.61. The van der Waals surface area contributed by atoms with Gasteiger partial charge in [-0.2, -0.15) is 0 Å². The zero-order valence-corrected chi connectivity index (χ0v) is 13.0. The molecule has 0 aromatic carbocycles. The lowest BCUT2D eigenvalue weighted by atomic mass is 10.2. The van der Waals surface area contributed by atoms with Crippen LogP contribution < -0.4 is 10.6 Å². The monoisotopic (exact) mass is 288 g/mol. The maximum absolute atomic E-state index is 4.57.